The molecule has 0 heterocycles. The maximum absolute atomic E-state index is 6.62. The van der Waals surface area contributed by atoms with Crippen LogP contribution in [0.2, 0.25) is 0 Å². The summed E-state index contributed by atoms with van der Waals surface area (Å²) in [5.41, 5.74) is 0. The van der Waals surface area contributed by atoms with Gasteiger partial charge in [-0.15, -0.1) is 0 Å². The van der Waals surface area contributed by atoms with Gasteiger partial charge < -0.3 is 12.2 Å². The fourth-order valence-electron chi connectivity index (χ4n) is 2.31. The zero-order valence-electron chi connectivity index (χ0n) is 10.6. The lowest BCUT2D eigenvalue weighted by molar-refractivity contribution is 1.50. The van der Waals surface area contributed by atoms with Gasteiger partial charge in [0.2, 0.25) is 0 Å². The van der Waals surface area contributed by atoms with Gasteiger partial charge in [0, 0.05) is 0 Å². The minimum Gasteiger partial charge on any atom is -0.690 e. The van der Waals surface area contributed by atoms with E-state index < -0.39 is 11.2 Å². The molecule has 0 nitrogen and oxygen atoms in total. The van der Waals surface area contributed by atoms with Crippen LogP contribution in [-0.2, 0) is 24.1 Å². The normalized spacial score (nSPS) is 14.9. The van der Waals surface area contributed by atoms with Crippen molar-refractivity contribution in [1.82, 2.24) is 0 Å². The molecule has 0 spiro atoms. The van der Waals surface area contributed by atoms with Gasteiger partial charge in [0.25, 0.3) is 0 Å². The van der Waals surface area contributed by atoms with E-state index in [1.165, 1.54) is 10.6 Å². The van der Waals surface area contributed by atoms with Gasteiger partial charge in [-0.05, 0) is 31.2 Å². The highest BCUT2D eigenvalue weighted by Gasteiger charge is 2.45. The van der Waals surface area contributed by atoms with Crippen molar-refractivity contribution < 1.29 is 0 Å². The minimum absolute atomic E-state index is 0.922. The number of halogens is 1. The zero-order valence-corrected chi connectivity index (χ0v) is 14.7. The number of rotatable bonds is 4. The number of hydrogen-bond donors (Lipinski definition) is 0. The van der Waals surface area contributed by atoms with Crippen molar-refractivity contribution in [2.24, 2.45) is 0 Å². The largest absolute Gasteiger partial charge is 0.690 e. The highest BCUT2D eigenvalue weighted by Crippen LogP contribution is 2.89. The van der Waals surface area contributed by atoms with Crippen LogP contribution in [0.15, 0.2) is 60.7 Å². The molecule has 0 aliphatic rings. The molecule has 100 valence electrons. The van der Waals surface area contributed by atoms with Crippen LogP contribution < -0.4 is 10.6 Å². The molecule has 0 aliphatic carbocycles. The Balaban J connectivity index is 2.74. The first-order chi connectivity index (χ1) is 9.02. The van der Waals surface area contributed by atoms with Crippen molar-refractivity contribution in [2.75, 3.05) is 6.16 Å². The van der Waals surface area contributed by atoms with E-state index in [9.17, 15) is 0 Å². The monoisotopic (exact) mass is 344 g/mol. The van der Waals surface area contributed by atoms with Gasteiger partial charge in [-0.25, -0.2) is 0 Å². The zero-order chi connectivity index (χ0) is 13.9. The van der Waals surface area contributed by atoms with E-state index in [-0.39, 0.29) is 0 Å². The molecule has 0 saturated heterocycles. The molecule has 0 bridgehead atoms. The van der Waals surface area contributed by atoms with Crippen LogP contribution in [0.4, 0.5) is 0 Å². The van der Waals surface area contributed by atoms with Crippen LogP contribution >= 0.6 is 22.5 Å². The second-order valence-corrected chi connectivity index (χ2v) is 21.2. The lowest BCUT2D eigenvalue weighted by atomic mass is 10.4. The van der Waals surface area contributed by atoms with E-state index in [2.05, 4.69) is 31.2 Å². The maximum atomic E-state index is 6.62. The first-order valence-corrected chi connectivity index (χ1v) is 13.4. The van der Waals surface area contributed by atoms with Crippen LogP contribution in [0.25, 0.3) is 0 Å². The van der Waals surface area contributed by atoms with Gasteiger partial charge in [-0.1, -0.05) is 59.4 Å². The van der Waals surface area contributed by atoms with Crippen molar-refractivity contribution in [3.8, 4) is 0 Å². The van der Waals surface area contributed by atoms with Crippen molar-refractivity contribution in [3.63, 3.8) is 0 Å². The van der Waals surface area contributed by atoms with Gasteiger partial charge in [0.1, 0.15) is 10.6 Å². The number of hydrogen-bond acceptors (Lipinski definition) is 2. The number of benzene rings is 2. The molecule has 0 radical (unpaired) electrons. The summed E-state index contributed by atoms with van der Waals surface area (Å²) in [5.74, 6) is 0. The van der Waals surface area contributed by atoms with Gasteiger partial charge in [0.15, 0.2) is 0 Å². The summed E-state index contributed by atoms with van der Waals surface area (Å²) in [7, 11) is 0. The molecule has 1 atom stereocenters. The predicted molar refractivity (Wildman–Crippen MR) is 97.1 cm³/mol. The molecule has 1 unspecified atom stereocenters. The summed E-state index contributed by atoms with van der Waals surface area (Å²) < 4.78 is -2.35. The van der Waals surface area contributed by atoms with E-state index in [4.69, 9.17) is 35.3 Å². The van der Waals surface area contributed by atoms with E-state index in [0.717, 1.165) is 6.16 Å². The van der Waals surface area contributed by atoms with Gasteiger partial charge in [-0.3, -0.25) is 0 Å². The molecule has 0 fully saturated rings. The van der Waals surface area contributed by atoms with E-state index in [1.807, 2.05) is 36.4 Å². The van der Waals surface area contributed by atoms with Gasteiger partial charge >= 0.3 is 0 Å². The predicted octanol–water partition coefficient (Wildman–Crippen LogP) is 4.69. The Bertz CT molecular complexity index is 541. The Kier molecular flexibility index (Phi) is 5.15. The van der Waals surface area contributed by atoms with Gasteiger partial charge in [0.05, 0.1) is 17.4 Å². The summed E-state index contributed by atoms with van der Waals surface area (Å²) in [6.45, 7) is 0.297. The SMILES string of the molecule is CC[P+](c1ccccc1)(c1ccccc1)P(=S)([S-])Cl. The second-order valence-electron chi connectivity index (χ2n) is 4.21. The summed E-state index contributed by atoms with van der Waals surface area (Å²) in [6.07, 6.45) is 0.922. The molecule has 0 amide bonds. The minimum atomic E-state index is -2.35. The highest BCUT2D eigenvalue weighted by molar-refractivity contribution is 8.92. The fraction of sp³-hybridized carbons (Fsp3) is 0.143. The molecule has 0 saturated carbocycles. The average molecular weight is 345 g/mol. The summed E-state index contributed by atoms with van der Waals surface area (Å²) >= 11 is 17.9. The highest BCUT2D eigenvalue weighted by atomic mass is 35.7. The van der Waals surface area contributed by atoms with Crippen molar-refractivity contribution in [2.45, 2.75) is 6.92 Å². The van der Waals surface area contributed by atoms with Crippen molar-refractivity contribution in [1.29, 1.82) is 0 Å². The Hall–Kier alpha value is 0.160. The first kappa shape index (κ1) is 15.5. The molecular weight excluding hydrogens is 330 g/mol. The lowest BCUT2D eigenvalue weighted by Crippen LogP contribution is -2.22. The summed E-state index contributed by atoms with van der Waals surface area (Å²) in [4.78, 5) is 0. The smallest absolute Gasteiger partial charge is 0.102 e. The van der Waals surface area contributed by atoms with Crippen molar-refractivity contribution >= 4 is 57.1 Å². The quantitative estimate of drug-likeness (QED) is 0.583. The van der Waals surface area contributed by atoms with E-state index >= 15 is 0 Å². The second kappa shape index (κ2) is 6.29. The Morgan fingerprint density at radius 1 is 1.00 bits per heavy atom. The molecule has 0 aliphatic heterocycles. The van der Waals surface area contributed by atoms with Crippen LogP contribution in [-0.4, -0.2) is 6.16 Å². The molecular formula is C14H15ClP2S2. The third-order valence-electron chi connectivity index (χ3n) is 3.23. The van der Waals surface area contributed by atoms with E-state index in [1.54, 1.807) is 0 Å². The van der Waals surface area contributed by atoms with Crippen LogP contribution in [0.3, 0.4) is 0 Å². The Labute approximate surface area is 130 Å². The van der Waals surface area contributed by atoms with Gasteiger partial charge in [-0.2, -0.15) is 0 Å². The summed E-state index contributed by atoms with van der Waals surface area (Å²) in [5, 5.41) is 2.47. The fourth-order valence-corrected chi connectivity index (χ4v) is 17.0. The molecule has 2 rings (SSSR count). The van der Waals surface area contributed by atoms with E-state index in [0.29, 0.717) is 0 Å². The lowest BCUT2D eigenvalue weighted by Gasteiger charge is -2.37. The van der Waals surface area contributed by atoms with Crippen LogP contribution in [0.1, 0.15) is 6.92 Å². The molecule has 0 N–H and O–H groups in total. The van der Waals surface area contributed by atoms with Crippen LogP contribution in [0, 0.1) is 0 Å². The standard InChI is InChI=1S/C14H15ClP2S2/c1-2-16(17(15,18)19,13-9-5-3-6-10-13)14-11-7-4-8-12-14/h3-12H,2H2,1H3. The van der Waals surface area contributed by atoms with Crippen LogP contribution in [0.5, 0.6) is 0 Å². The third-order valence-corrected chi connectivity index (χ3v) is 19.3. The molecule has 0 aromatic heterocycles. The molecule has 19 heavy (non-hydrogen) atoms. The molecule has 2 aromatic carbocycles. The Morgan fingerprint density at radius 3 is 1.63 bits per heavy atom. The Morgan fingerprint density at radius 2 is 1.37 bits per heavy atom. The molecule has 5 heteroatoms. The molecule has 2 aromatic rings. The first-order valence-electron chi connectivity index (χ1n) is 6.03. The average Bonchev–Trinajstić information content (AvgIpc) is 2.41. The van der Waals surface area contributed by atoms with Crippen molar-refractivity contribution in [3.05, 3.63) is 60.7 Å². The summed E-state index contributed by atoms with van der Waals surface area (Å²) in [6, 6.07) is 20.7. The maximum Gasteiger partial charge on any atom is 0.102 e. The third kappa shape index (κ3) is 2.94. The topological polar surface area (TPSA) is 0 Å².